The van der Waals surface area contributed by atoms with Crippen LogP contribution < -0.4 is 10.5 Å². The van der Waals surface area contributed by atoms with Crippen LogP contribution in [0.15, 0.2) is 18.2 Å². The van der Waals surface area contributed by atoms with Gasteiger partial charge in [0.25, 0.3) is 0 Å². The molecule has 0 aromatic heterocycles. The van der Waals surface area contributed by atoms with Crippen LogP contribution in [0.25, 0.3) is 0 Å². The summed E-state index contributed by atoms with van der Waals surface area (Å²) >= 11 is 0. The molecule has 7 heteroatoms. The number of amidine groups is 1. The SMILES string of the molecule is Cc1cccc(OCC(C(=N)N)C(F)(F)F)c1F. The van der Waals surface area contributed by atoms with Crippen molar-refractivity contribution in [3.8, 4) is 5.75 Å². The molecule has 100 valence electrons. The summed E-state index contributed by atoms with van der Waals surface area (Å²) in [4.78, 5) is 0. The molecule has 1 rings (SSSR count). The van der Waals surface area contributed by atoms with E-state index in [1.54, 1.807) is 0 Å². The van der Waals surface area contributed by atoms with E-state index in [1.807, 2.05) is 0 Å². The summed E-state index contributed by atoms with van der Waals surface area (Å²) < 4.78 is 55.6. The smallest absolute Gasteiger partial charge is 0.401 e. The van der Waals surface area contributed by atoms with E-state index in [4.69, 9.17) is 15.9 Å². The lowest BCUT2D eigenvalue weighted by Gasteiger charge is -2.19. The predicted octanol–water partition coefficient (Wildman–Crippen LogP) is 2.63. The standard InChI is InChI=1S/C11H12F4N2O/c1-6-3-2-4-8(9(6)12)18-5-7(10(16)17)11(13,14)15/h2-4,7H,5H2,1H3,(H3,16,17). The highest BCUT2D eigenvalue weighted by Crippen LogP contribution is 2.28. The van der Waals surface area contributed by atoms with Gasteiger partial charge in [-0.25, -0.2) is 4.39 Å². The van der Waals surface area contributed by atoms with Crippen LogP contribution >= 0.6 is 0 Å². The second-order valence-corrected chi connectivity index (χ2v) is 3.75. The number of nitrogens with one attached hydrogen (secondary N) is 1. The van der Waals surface area contributed by atoms with E-state index >= 15 is 0 Å². The van der Waals surface area contributed by atoms with Gasteiger partial charge in [-0.3, -0.25) is 5.41 Å². The van der Waals surface area contributed by atoms with Crippen LogP contribution in [0.2, 0.25) is 0 Å². The highest BCUT2D eigenvalue weighted by molar-refractivity contribution is 5.80. The molecule has 0 aliphatic rings. The molecule has 1 aromatic rings. The fraction of sp³-hybridized carbons (Fsp3) is 0.364. The van der Waals surface area contributed by atoms with Crippen LogP contribution in [-0.2, 0) is 0 Å². The van der Waals surface area contributed by atoms with Crippen molar-refractivity contribution in [2.45, 2.75) is 13.1 Å². The molecular formula is C11H12F4N2O. The van der Waals surface area contributed by atoms with Gasteiger partial charge in [0.15, 0.2) is 11.6 Å². The van der Waals surface area contributed by atoms with Crippen molar-refractivity contribution < 1.29 is 22.3 Å². The molecule has 0 spiro atoms. The van der Waals surface area contributed by atoms with E-state index in [0.29, 0.717) is 0 Å². The van der Waals surface area contributed by atoms with Crippen molar-refractivity contribution in [1.82, 2.24) is 0 Å². The maximum Gasteiger partial charge on any atom is 0.401 e. The van der Waals surface area contributed by atoms with Crippen molar-refractivity contribution >= 4 is 5.84 Å². The van der Waals surface area contributed by atoms with E-state index in [1.165, 1.54) is 25.1 Å². The number of nitrogens with two attached hydrogens (primary N) is 1. The Balaban J connectivity index is 2.80. The average molecular weight is 264 g/mol. The zero-order chi connectivity index (χ0) is 13.9. The highest BCUT2D eigenvalue weighted by atomic mass is 19.4. The molecule has 1 unspecified atom stereocenters. The van der Waals surface area contributed by atoms with E-state index in [2.05, 4.69) is 0 Å². The first-order valence-electron chi connectivity index (χ1n) is 5.02. The summed E-state index contributed by atoms with van der Waals surface area (Å²) in [5, 5.41) is 6.85. The number of halogens is 4. The third-order valence-corrected chi connectivity index (χ3v) is 2.33. The normalized spacial score (nSPS) is 13.2. The summed E-state index contributed by atoms with van der Waals surface area (Å²) in [5.74, 6) is -4.31. The Labute approximate surface area is 101 Å². The minimum Gasteiger partial charge on any atom is -0.489 e. The van der Waals surface area contributed by atoms with E-state index in [0.717, 1.165) is 0 Å². The molecule has 3 nitrogen and oxygen atoms in total. The molecule has 0 amide bonds. The van der Waals surface area contributed by atoms with Crippen molar-refractivity contribution in [3.05, 3.63) is 29.6 Å². The Morgan fingerprint density at radius 1 is 1.44 bits per heavy atom. The van der Waals surface area contributed by atoms with E-state index < -0.39 is 30.4 Å². The van der Waals surface area contributed by atoms with Gasteiger partial charge in [-0.1, -0.05) is 12.1 Å². The average Bonchev–Trinajstić information content (AvgIpc) is 2.22. The van der Waals surface area contributed by atoms with Gasteiger partial charge in [0, 0.05) is 0 Å². The van der Waals surface area contributed by atoms with Gasteiger partial charge in [-0.15, -0.1) is 0 Å². The van der Waals surface area contributed by atoms with E-state index in [9.17, 15) is 17.6 Å². The van der Waals surface area contributed by atoms with Crippen molar-refractivity contribution in [2.24, 2.45) is 11.7 Å². The highest BCUT2D eigenvalue weighted by Gasteiger charge is 2.42. The number of benzene rings is 1. The fourth-order valence-corrected chi connectivity index (χ4v) is 1.27. The first kappa shape index (κ1) is 14.3. The largest absolute Gasteiger partial charge is 0.489 e. The van der Waals surface area contributed by atoms with Crippen LogP contribution in [0, 0.1) is 24.1 Å². The zero-order valence-corrected chi connectivity index (χ0v) is 9.51. The fourth-order valence-electron chi connectivity index (χ4n) is 1.27. The lowest BCUT2D eigenvalue weighted by molar-refractivity contribution is -0.162. The third-order valence-electron chi connectivity index (χ3n) is 2.33. The molecule has 0 heterocycles. The Morgan fingerprint density at radius 3 is 2.56 bits per heavy atom. The quantitative estimate of drug-likeness (QED) is 0.499. The van der Waals surface area contributed by atoms with E-state index in [-0.39, 0.29) is 11.3 Å². The molecule has 1 aromatic carbocycles. The van der Waals surface area contributed by atoms with Gasteiger partial charge in [0.1, 0.15) is 18.4 Å². The van der Waals surface area contributed by atoms with Crippen LogP contribution in [-0.4, -0.2) is 18.6 Å². The minimum absolute atomic E-state index is 0.263. The molecule has 0 saturated heterocycles. The summed E-state index contributed by atoms with van der Waals surface area (Å²) in [6.07, 6.45) is -4.69. The predicted molar refractivity (Wildman–Crippen MR) is 58.1 cm³/mol. The number of hydrogen-bond acceptors (Lipinski definition) is 2. The second kappa shape index (κ2) is 5.24. The maximum absolute atomic E-state index is 13.5. The van der Waals surface area contributed by atoms with Crippen LogP contribution in [0.4, 0.5) is 17.6 Å². The molecule has 18 heavy (non-hydrogen) atoms. The number of alkyl halides is 3. The van der Waals surface area contributed by atoms with Crippen molar-refractivity contribution in [2.75, 3.05) is 6.61 Å². The summed E-state index contributed by atoms with van der Waals surface area (Å²) in [6, 6.07) is 4.15. The van der Waals surface area contributed by atoms with Gasteiger partial charge < -0.3 is 10.5 Å². The number of rotatable bonds is 4. The van der Waals surface area contributed by atoms with Crippen molar-refractivity contribution in [1.29, 1.82) is 5.41 Å². The van der Waals surface area contributed by atoms with Gasteiger partial charge in [0.2, 0.25) is 0 Å². The van der Waals surface area contributed by atoms with Gasteiger partial charge in [-0.05, 0) is 18.6 Å². The molecule has 0 fully saturated rings. The molecule has 1 atom stereocenters. The molecule has 0 aliphatic carbocycles. The molecular weight excluding hydrogens is 252 g/mol. The molecule has 0 aliphatic heterocycles. The topological polar surface area (TPSA) is 59.1 Å². The maximum atomic E-state index is 13.5. The Hall–Kier alpha value is -1.79. The Kier molecular flexibility index (Phi) is 4.15. The number of hydrogen-bond donors (Lipinski definition) is 2. The molecule has 0 radical (unpaired) electrons. The monoisotopic (exact) mass is 264 g/mol. The van der Waals surface area contributed by atoms with Gasteiger partial charge in [-0.2, -0.15) is 13.2 Å². The van der Waals surface area contributed by atoms with Gasteiger partial charge >= 0.3 is 6.18 Å². The second-order valence-electron chi connectivity index (χ2n) is 3.75. The lowest BCUT2D eigenvalue weighted by Crippen LogP contribution is -2.39. The summed E-state index contributed by atoms with van der Waals surface area (Å²) in [6.45, 7) is 0.549. The van der Waals surface area contributed by atoms with Gasteiger partial charge in [0.05, 0.1) is 0 Å². The summed E-state index contributed by atoms with van der Waals surface area (Å²) in [7, 11) is 0. The minimum atomic E-state index is -4.69. The summed E-state index contributed by atoms with van der Waals surface area (Å²) in [5.41, 5.74) is 5.11. The molecule has 0 saturated carbocycles. The van der Waals surface area contributed by atoms with Crippen LogP contribution in [0.3, 0.4) is 0 Å². The number of aryl methyl sites for hydroxylation is 1. The molecule has 0 bridgehead atoms. The molecule has 3 N–H and O–H groups in total. The van der Waals surface area contributed by atoms with Crippen molar-refractivity contribution in [3.63, 3.8) is 0 Å². The van der Waals surface area contributed by atoms with Crippen LogP contribution in [0.5, 0.6) is 5.75 Å². The zero-order valence-electron chi connectivity index (χ0n) is 9.51. The first-order chi connectivity index (χ1) is 8.23. The lowest BCUT2D eigenvalue weighted by atomic mass is 10.1. The number of ether oxygens (including phenoxy) is 1. The Bertz CT molecular complexity index is 445. The van der Waals surface area contributed by atoms with Crippen LogP contribution in [0.1, 0.15) is 5.56 Å². The first-order valence-corrected chi connectivity index (χ1v) is 5.02. The Morgan fingerprint density at radius 2 is 2.06 bits per heavy atom. The third kappa shape index (κ3) is 3.35.